The molecule has 0 aliphatic carbocycles. The number of ether oxygens (including phenoxy) is 2. The highest BCUT2D eigenvalue weighted by atomic mass is 16.6. The van der Waals surface area contributed by atoms with Crippen molar-refractivity contribution in [1.29, 1.82) is 0 Å². The summed E-state index contributed by atoms with van der Waals surface area (Å²) in [5, 5.41) is 9.65. The molecule has 0 fully saturated rings. The SMILES string of the molecule is CC/C=C\C/C=C\C/C=C\C/C=C\C/C=C\C/C=C\C/C=C\C/C=C\C/C=C\CCCCCC(=O)OC(CO)COC(=O)CCCCCCCCCC/C=C\C/C=C\C/C=C\C/C=C\C/C=C\C/C=C\CC. The van der Waals surface area contributed by atoms with Crippen LogP contribution in [0.2, 0.25) is 0 Å². The van der Waals surface area contributed by atoms with E-state index in [9.17, 15) is 14.7 Å². The first kappa shape index (κ1) is 67.0. The van der Waals surface area contributed by atoms with E-state index in [2.05, 4.69) is 196 Å². The maximum atomic E-state index is 12.3. The molecule has 0 rings (SSSR count). The Bertz CT molecular complexity index is 1680. The highest BCUT2D eigenvalue weighted by molar-refractivity contribution is 5.70. The first-order valence-electron chi connectivity index (χ1n) is 28.3. The molecule has 1 atom stereocenters. The quantitative estimate of drug-likeness (QED) is 0.0374. The first-order chi connectivity index (χ1) is 35.6. The normalized spacial score (nSPS) is 13.7. The van der Waals surface area contributed by atoms with Gasteiger partial charge in [-0.3, -0.25) is 9.59 Å². The van der Waals surface area contributed by atoms with Crippen molar-refractivity contribution in [2.75, 3.05) is 13.2 Å². The monoisotopic (exact) mass is 987 g/mol. The summed E-state index contributed by atoms with van der Waals surface area (Å²) in [7, 11) is 0. The Morgan fingerprint density at radius 1 is 0.319 bits per heavy atom. The summed E-state index contributed by atoms with van der Waals surface area (Å²) in [5.74, 6) is -0.655. The minimum Gasteiger partial charge on any atom is -0.462 e. The van der Waals surface area contributed by atoms with Crippen molar-refractivity contribution in [3.8, 4) is 0 Å². The number of aliphatic hydroxyl groups excluding tert-OH is 1. The van der Waals surface area contributed by atoms with Crippen molar-refractivity contribution in [3.05, 3.63) is 182 Å². The number of esters is 2. The molecule has 0 bridgehead atoms. The van der Waals surface area contributed by atoms with E-state index in [0.29, 0.717) is 12.8 Å². The van der Waals surface area contributed by atoms with Gasteiger partial charge >= 0.3 is 11.9 Å². The third-order valence-electron chi connectivity index (χ3n) is 11.2. The Kier molecular flexibility index (Phi) is 56.1. The molecule has 0 saturated carbocycles. The molecule has 0 saturated heterocycles. The van der Waals surface area contributed by atoms with Crippen LogP contribution in [0.3, 0.4) is 0 Å². The van der Waals surface area contributed by atoms with E-state index in [1.807, 2.05) is 0 Å². The van der Waals surface area contributed by atoms with E-state index in [0.717, 1.165) is 148 Å². The van der Waals surface area contributed by atoms with E-state index in [4.69, 9.17) is 9.47 Å². The summed E-state index contributed by atoms with van der Waals surface area (Å²) in [6.07, 6.45) is 95.6. The molecule has 0 spiro atoms. The Morgan fingerprint density at radius 3 is 0.847 bits per heavy atom. The average molecular weight is 988 g/mol. The molecule has 0 aromatic carbocycles. The molecule has 0 aliphatic heterocycles. The number of rotatable bonds is 49. The van der Waals surface area contributed by atoms with Crippen molar-refractivity contribution in [3.63, 3.8) is 0 Å². The molecule has 5 nitrogen and oxygen atoms in total. The highest BCUT2D eigenvalue weighted by Crippen LogP contribution is 2.12. The second kappa shape index (κ2) is 60.3. The molecule has 1 N–H and O–H groups in total. The van der Waals surface area contributed by atoms with Gasteiger partial charge in [0.25, 0.3) is 0 Å². The molecule has 1 unspecified atom stereocenters. The number of aliphatic hydroxyl groups is 1. The Balaban J connectivity index is 3.69. The fourth-order valence-electron chi connectivity index (χ4n) is 7.02. The lowest BCUT2D eigenvalue weighted by Gasteiger charge is -2.15. The van der Waals surface area contributed by atoms with Crippen LogP contribution in [0, 0.1) is 0 Å². The van der Waals surface area contributed by atoms with Crippen LogP contribution in [-0.2, 0) is 19.1 Å². The van der Waals surface area contributed by atoms with Gasteiger partial charge in [-0.2, -0.15) is 0 Å². The van der Waals surface area contributed by atoms with Gasteiger partial charge in [-0.15, -0.1) is 0 Å². The zero-order valence-electron chi connectivity index (χ0n) is 45.6. The zero-order valence-corrected chi connectivity index (χ0v) is 45.6. The summed E-state index contributed by atoms with van der Waals surface area (Å²) in [6.45, 7) is 3.86. The third-order valence-corrected chi connectivity index (χ3v) is 11.2. The smallest absolute Gasteiger partial charge is 0.306 e. The second-order valence-electron chi connectivity index (χ2n) is 17.9. The third kappa shape index (κ3) is 57.6. The number of carbonyl (C=O) groups is 2. The standard InChI is InChI=1S/C67H102O5/c1-3-5-7-9-11-13-15-17-19-21-23-25-27-29-31-32-33-34-36-38-40-42-44-46-48-50-52-54-56-58-60-62-67(70)72-65(63-68)64-71-66(69)61-59-57-55-53-51-49-47-45-43-41-39-37-35-30-28-26-24-22-20-18-16-14-12-10-8-6-4-2/h5-8,11-14,17-20,23-26,29-31,33-35,38-41,44,46,50,52,65,68H,3-4,9-10,15-16,21-22,27-28,32,36-37,42-43,45,47-49,51,53-64H2,1-2H3/b7-5-,8-6-,13-11-,14-12-,19-17-,20-18-,25-23-,26-24-,31-29-,34-33-,35-30-,40-38-,41-39-,46-44-,52-50-. The molecule has 400 valence electrons. The molecule has 72 heavy (non-hydrogen) atoms. The Morgan fingerprint density at radius 2 is 0.556 bits per heavy atom. The van der Waals surface area contributed by atoms with E-state index < -0.39 is 6.10 Å². The fraction of sp³-hybridized carbons (Fsp3) is 0.522. The molecule has 0 aliphatic rings. The number of unbranched alkanes of at least 4 members (excludes halogenated alkanes) is 11. The molecular weight excluding hydrogens is 885 g/mol. The van der Waals surface area contributed by atoms with Crippen molar-refractivity contribution in [2.24, 2.45) is 0 Å². The van der Waals surface area contributed by atoms with Crippen LogP contribution < -0.4 is 0 Å². The maximum Gasteiger partial charge on any atom is 0.306 e. The number of allylic oxidation sites excluding steroid dienone is 30. The van der Waals surface area contributed by atoms with Crippen LogP contribution in [0.15, 0.2) is 182 Å². The van der Waals surface area contributed by atoms with E-state index in [-0.39, 0.29) is 25.2 Å². The van der Waals surface area contributed by atoms with Gasteiger partial charge in [-0.05, 0) is 135 Å². The van der Waals surface area contributed by atoms with Gasteiger partial charge in [-0.1, -0.05) is 241 Å². The minimum atomic E-state index is -0.810. The average Bonchev–Trinajstić information content (AvgIpc) is 3.38. The topological polar surface area (TPSA) is 72.8 Å². The largest absolute Gasteiger partial charge is 0.462 e. The van der Waals surface area contributed by atoms with Gasteiger partial charge in [0.15, 0.2) is 6.10 Å². The van der Waals surface area contributed by atoms with Crippen molar-refractivity contribution >= 4 is 11.9 Å². The van der Waals surface area contributed by atoms with Crippen LogP contribution >= 0.6 is 0 Å². The maximum absolute atomic E-state index is 12.3. The van der Waals surface area contributed by atoms with Gasteiger partial charge < -0.3 is 14.6 Å². The first-order valence-corrected chi connectivity index (χ1v) is 28.3. The van der Waals surface area contributed by atoms with Crippen LogP contribution in [-0.4, -0.2) is 36.4 Å². The molecular formula is C67H102O5. The number of hydrogen-bond donors (Lipinski definition) is 1. The lowest BCUT2D eigenvalue weighted by atomic mass is 10.1. The van der Waals surface area contributed by atoms with E-state index in [1.54, 1.807) is 0 Å². The van der Waals surface area contributed by atoms with Crippen LogP contribution in [0.1, 0.15) is 206 Å². The van der Waals surface area contributed by atoms with Gasteiger partial charge in [0.1, 0.15) is 6.61 Å². The lowest BCUT2D eigenvalue weighted by Crippen LogP contribution is -2.28. The molecule has 5 heteroatoms. The van der Waals surface area contributed by atoms with Gasteiger partial charge in [0, 0.05) is 12.8 Å². The highest BCUT2D eigenvalue weighted by Gasteiger charge is 2.16. The van der Waals surface area contributed by atoms with Crippen molar-refractivity contribution in [1.82, 2.24) is 0 Å². The molecule has 0 radical (unpaired) electrons. The van der Waals surface area contributed by atoms with Gasteiger partial charge in [0.2, 0.25) is 0 Å². The second-order valence-corrected chi connectivity index (χ2v) is 17.9. The summed E-state index contributed by atoms with van der Waals surface area (Å²) in [5.41, 5.74) is 0. The fourth-order valence-corrected chi connectivity index (χ4v) is 7.02. The molecule has 0 aromatic rings. The number of carbonyl (C=O) groups excluding carboxylic acids is 2. The van der Waals surface area contributed by atoms with Crippen molar-refractivity contribution < 1.29 is 24.2 Å². The molecule has 0 aromatic heterocycles. The zero-order chi connectivity index (χ0) is 52.0. The Hall–Kier alpha value is -5.00. The predicted octanol–water partition coefficient (Wildman–Crippen LogP) is 19.5. The van der Waals surface area contributed by atoms with Crippen molar-refractivity contribution in [2.45, 2.75) is 213 Å². The summed E-state index contributed by atoms with van der Waals surface area (Å²) >= 11 is 0. The molecule has 0 heterocycles. The lowest BCUT2D eigenvalue weighted by molar-refractivity contribution is -0.161. The van der Waals surface area contributed by atoms with E-state index >= 15 is 0 Å². The summed E-state index contributed by atoms with van der Waals surface area (Å²) in [6, 6.07) is 0. The van der Waals surface area contributed by atoms with Crippen LogP contribution in [0.25, 0.3) is 0 Å². The number of hydrogen-bond acceptors (Lipinski definition) is 5. The van der Waals surface area contributed by atoms with Crippen LogP contribution in [0.4, 0.5) is 0 Å². The minimum absolute atomic E-state index is 0.0977. The predicted molar refractivity (Wildman–Crippen MR) is 315 cm³/mol. The summed E-state index contributed by atoms with van der Waals surface area (Å²) < 4.78 is 10.7. The van der Waals surface area contributed by atoms with Gasteiger partial charge in [-0.25, -0.2) is 0 Å². The molecule has 0 amide bonds. The van der Waals surface area contributed by atoms with Crippen LogP contribution in [0.5, 0.6) is 0 Å². The van der Waals surface area contributed by atoms with Gasteiger partial charge in [0.05, 0.1) is 6.61 Å². The summed E-state index contributed by atoms with van der Waals surface area (Å²) in [4.78, 5) is 24.5. The van der Waals surface area contributed by atoms with E-state index in [1.165, 1.54) is 32.1 Å². The Labute approximate surface area is 442 Å².